The van der Waals surface area contributed by atoms with Crippen LogP contribution >= 0.6 is 0 Å². The van der Waals surface area contributed by atoms with E-state index in [2.05, 4.69) is 64.5 Å². The van der Waals surface area contributed by atoms with Crippen molar-refractivity contribution in [3.63, 3.8) is 0 Å². The quantitative estimate of drug-likeness (QED) is 0.433. The maximum absolute atomic E-state index is 2.27. The summed E-state index contributed by atoms with van der Waals surface area (Å²) < 4.78 is 0.873. The lowest BCUT2D eigenvalue weighted by molar-refractivity contribution is -0.800. The van der Waals surface area contributed by atoms with E-state index in [9.17, 15) is 0 Å². The zero-order valence-electron chi connectivity index (χ0n) is 10.7. The van der Waals surface area contributed by atoms with Crippen molar-refractivity contribution in [2.45, 2.75) is 40.0 Å². The highest BCUT2D eigenvalue weighted by Gasteiger charge is 2.11. The van der Waals surface area contributed by atoms with E-state index in [-0.39, 0.29) is 0 Å². The molecule has 0 saturated carbocycles. The standard InChI is InChI=1S/C14H26N/c1-5-8-11-14-15(4,12-9-6-2)13-10-7-3/h8-13H,5-7,14H2,1-4H3/q+1/b11-8+,12-9+,13-10+. The van der Waals surface area contributed by atoms with Crippen LogP contribution < -0.4 is 0 Å². The number of rotatable bonds is 7. The minimum Gasteiger partial charge on any atom is -0.271 e. The fourth-order valence-electron chi connectivity index (χ4n) is 1.33. The molecule has 0 aliphatic rings. The maximum Gasteiger partial charge on any atom is 0.106 e. The molecular weight excluding hydrogens is 182 g/mol. The van der Waals surface area contributed by atoms with E-state index in [0.717, 1.165) is 30.3 Å². The average Bonchev–Trinajstić information content (AvgIpc) is 2.24. The van der Waals surface area contributed by atoms with Gasteiger partial charge < -0.3 is 0 Å². The summed E-state index contributed by atoms with van der Waals surface area (Å²) in [5.74, 6) is 0. The van der Waals surface area contributed by atoms with Gasteiger partial charge in [-0.15, -0.1) is 0 Å². The molecule has 0 atom stereocenters. The van der Waals surface area contributed by atoms with Gasteiger partial charge in [0.2, 0.25) is 0 Å². The summed E-state index contributed by atoms with van der Waals surface area (Å²) in [6.07, 6.45) is 16.8. The van der Waals surface area contributed by atoms with E-state index in [1.165, 1.54) is 0 Å². The smallest absolute Gasteiger partial charge is 0.106 e. The molecule has 0 spiro atoms. The largest absolute Gasteiger partial charge is 0.271 e. The predicted molar refractivity (Wildman–Crippen MR) is 69.3 cm³/mol. The molecule has 0 saturated heterocycles. The number of likely N-dealkylation sites (N-methyl/N-ethyl adjacent to an activating group) is 1. The fourth-order valence-corrected chi connectivity index (χ4v) is 1.33. The van der Waals surface area contributed by atoms with Crippen LogP contribution in [0.2, 0.25) is 0 Å². The van der Waals surface area contributed by atoms with Gasteiger partial charge in [-0.25, -0.2) is 0 Å². The molecule has 0 aromatic carbocycles. The molecule has 0 unspecified atom stereocenters. The highest BCUT2D eigenvalue weighted by Crippen LogP contribution is 2.07. The van der Waals surface area contributed by atoms with Crippen molar-refractivity contribution in [3.05, 3.63) is 36.7 Å². The van der Waals surface area contributed by atoms with Gasteiger partial charge in [0.05, 0.1) is 19.4 Å². The van der Waals surface area contributed by atoms with Gasteiger partial charge in [-0.2, -0.15) is 0 Å². The second-order valence-corrected chi connectivity index (χ2v) is 4.00. The van der Waals surface area contributed by atoms with Gasteiger partial charge in [-0.1, -0.05) is 26.8 Å². The molecule has 0 N–H and O–H groups in total. The van der Waals surface area contributed by atoms with Crippen LogP contribution in [0.15, 0.2) is 36.7 Å². The summed E-state index contributed by atoms with van der Waals surface area (Å²) >= 11 is 0. The van der Waals surface area contributed by atoms with Gasteiger partial charge in [-0.05, 0) is 37.5 Å². The SMILES string of the molecule is CC/C=C/C[N+](C)(/C=C/CC)/C=C/CC. The lowest BCUT2D eigenvalue weighted by Crippen LogP contribution is -2.31. The van der Waals surface area contributed by atoms with Gasteiger partial charge >= 0.3 is 0 Å². The lowest BCUT2D eigenvalue weighted by Gasteiger charge is -2.24. The van der Waals surface area contributed by atoms with Crippen LogP contribution in [0.25, 0.3) is 0 Å². The zero-order chi connectivity index (χ0) is 11.6. The first-order valence-corrected chi connectivity index (χ1v) is 6.03. The van der Waals surface area contributed by atoms with Crippen molar-refractivity contribution in [2.24, 2.45) is 0 Å². The van der Waals surface area contributed by atoms with Crippen molar-refractivity contribution in [2.75, 3.05) is 13.6 Å². The molecule has 86 valence electrons. The average molecular weight is 208 g/mol. The topological polar surface area (TPSA) is 0 Å². The molecule has 0 fully saturated rings. The third kappa shape index (κ3) is 7.15. The van der Waals surface area contributed by atoms with Crippen molar-refractivity contribution in [1.29, 1.82) is 0 Å². The monoisotopic (exact) mass is 208 g/mol. The van der Waals surface area contributed by atoms with Crippen molar-refractivity contribution >= 4 is 0 Å². The van der Waals surface area contributed by atoms with Gasteiger partial charge in [0, 0.05) is 0 Å². The van der Waals surface area contributed by atoms with Gasteiger partial charge in [0.15, 0.2) is 0 Å². The highest BCUT2D eigenvalue weighted by atomic mass is 15.3. The van der Waals surface area contributed by atoms with E-state index < -0.39 is 0 Å². The summed E-state index contributed by atoms with van der Waals surface area (Å²) in [5.41, 5.74) is 0. The molecule has 0 rings (SSSR count). The molecule has 0 aromatic heterocycles. The number of nitrogens with zero attached hydrogens (tertiary/aromatic N) is 1. The summed E-state index contributed by atoms with van der Waals surface area (Å²) in [6.45, 7) is 7.56. The van der Waals surface area contributed by atoms with Crippen molar-refractivity contribution < 1.29 is 4.48 Å². The molecule has 1 heteroatoms. The lowest BCUT2D eigenvalue weighted by atomic mass is 10.3. The van der Waals surface area contributed by atoms with Gasteiger partial charge in [0.1, 0.15) is 6.54 Å². The Hall–Kier alpha value is -0.820. The van der Waals surface area contributed by atoms with Crippen molar-refractivity contribution in [3.8, 4) is 0 Å². The molecule has 0 amide bonds. The third-order valence-electron chi connectivity index (χ3n) is 2.26. The summed E-state index contributed by atoms with van der Waals surface area (Å²) in [7, 11) is 2.23. The molecule has 0 aliphatic carbocycles. The zero-order valence-corrected chi connectivity index (χ0v) is 10.7. The Balaban J connectivity index is 4.46. The predicted octanol–water partition coefficient (Wildman–Crippen LogP) is 4.25. The molecule has 0 heterocycles. The highest BCUT2D eigenvalue weighted by molar-refractivity contribution is 4.86. The van der Waals surface area contributed by atoms with Crippen LogP contribution in [-0.2, 0) is 0 Å². The summed E-state index contributed by atoms with van der Waals surface area (Å²) in [5, 5.41) is 0. The first-order chi connectivity index (χ1) is 7.18. The summed E-state index contributed by atoms with van der Waals surface area (Å²) in [6, 6.07) is 0. The molecule has 0 radical (unpaired) electrons. The van der Waals surface area contributed by atoms with Crippen molar-refractivity contribution in [1.82, 2.24) is 0 Å². The Kier molecular flexibility index (Phi) is 8.02. The fraction of sp³-hybridized carbons (Fsp3) is 0.571. The Labute approximate surface area is 95.4 Å². The van der Waals surface area contributed by atoms with E-state index in [1.807, 2.05) is 0 Å². The van der Waals surface area contributed by atoms with Crippen LogP contribution in [0.4, 0.5) is 0 Å². The Bertz CT molecular complexity index is 209. The van der Waals surface area contributed by atoms with Crippen LogP contribution in [0, 0.1) is 0 Å². The number of quaternary nitrogens is 1. The molecule has 0 aromatic rings. The van der Waals surface area contributed by atoms with Gasteiger partial charge in [0.25, 0.3) is 0 Å². The first kappa shape index (κ1) is 14.2. The van der Waals surface area contributed by atoms with E-state index in [0.29, 0.717) is 0 Å². The van der Waals surface area contributed by atoms with Gasteiger partial charge in [-0.3, -0.25) is 4.48 Å². The first-order valence-electron chi connectivity index (χ1n) is 6.03. The minimum absolute atomic E-state index is 0.873. The Morgan fingerprint density at radius 1 is 0.733 bits per heavy atom. The number of allylic oxidation sites excluding steroid dienone is 3. The Morgan fingerprint density at radius 3 is 1.60 bits per heavy atom. The van der Waals surface area contributed by atoms with Crippen LogP contribution in [-0.4, -0.2) is 18.1 Å². The number of hydrogen-bond donors (Lipinski definition) is 0. The van der Waals surface area contributed by atoms with Crippen LogP contribution in [0.3, 0.4) is 0 Å². The second kappa shape index (κ2) is 8.49. The molecule has 0 aliphatic heterocycles. The van der Waals surface area contributed by atoms with Crippen LogP contribution in [0.5, 0.6) is 0 Å². The number of hydrogen-bond acceptors (Lipinski definition) is 0. The maximum atomic E-state index is 2.27. The molecule has 1 nitrogen and oxygen atoms in total. The minimum atomic E-state index is 0.873. The molecule has 0 bridgehead atoms. The third-order valence-corrected chi connectivity index (χ3v) is 2.26. The normalized spacial score (nSPS) is 13.6. The van der Waals surface area contributed by atoms with E-state index in [4.69, 9.17) is 0 Å². The summed E-state index contributed by atoms with van der Waals surface area (Å²) in [4.78, 5) is 0. The molecular formula is C14H26N+. The van der Waals surface area contributed by atoms with Crippen LogP contribution in [0.1, 0.15) is 40.0 Å². The Morgan fingerprint density at radius 2 is 1.20 bits per heavy atom. The van der Waals surface area contributed by atoms with E-state index in [1.54, 1.807) is 0 Å². The van der Waals surface area contributed by atoms with E-state index >= 15 is 0 Å². The molecule has 15 heavy (non-hydrogen) atoms. The second-order valence-electron chi connectivity index (χ2n) is 4.00.